The predicted octanol–water partition coefficient (Wildman–Crippen LogP) is 2.08. The van der Waals surface area contributed by atoms with Crippen LogP contribution in [0.5, 0.6) is 0 Å². The number of nitrogens with two attached hydrogens (primary N) is 1. The van der Waals surface area contributed by atoms with Crippen LogP contribution in [-0.2, 0) is 0 Å². The standard InChI is InChI=1S/C8H8INO/c1-5(11)7-4-6(10)2-3-8(7)9/h2-4H,10H2,1H3. The Kier molecular flexibility index (Phi) is 2.49. The number of benzene rings is 1. The third kappa shape index (κ3) is 1.92. The van der Waals surface area contributed by atoms with Crippen LogP contribution in [0.15, 0.2) is 18.2 Å². The molecule has 0 unspecified atom stereocenters. The van der Waals surface area contributed by atoms with Gasteiger partial charge in [-0.1, -0.05) is 0 Å². The van der Waals surface area contributed by atoms with Crippen LogP contribution >= 0.6 is 22.6 Å². The molecule has 0 heterocycles. The lowest BCUT2D eigenvalue weighted by Crippen LogP contribution is -1.97. The highest BCUT2D eigenvalue weighted by Crippen LogP contribution is 2.15. The quantitative estimate of drug-likeness (QED) is 0.477. The predicted molar refractivity (Wildman–Crippen MR) is 53.6 cm³/mol. The maximum absolute atomic E-state index is 11.0. The van der Waals surface area contributed by atoms with E-state index < -0.39 is 0 Å². The van der Waals surface area contributed by atoms with Crippen molar-refractivity contribution >= 4 is 34.1 Å². The largest absolute Gasteiger partial charge is 0.399 e. The van der Waals surface area contributed by atoms with Crippen molar-refractivity contribution in [3.05, 3.63) is 27.3 Å². The number of anilines is 1. The van der Waals surface area contributed by atoms with Crippen molar-refractivity contribution in [2.75, 3.05) is 5.73 Å². The fraction of sp³-hybridized carbons (Fsp3) is 0.125. The smallest absolute Gasteiger partial charge is 0.160 e. The van der Waals surface area contributed by atoms with E-state index in [9.17, 15) is 4.79 Å². The Bertz CT molecular complexity index is 296. The van der Waals surface area contributed by atoms with E-state index in [1.54, 1.807) is 12.1 Å². The Hall–Kier alpha value is -0.580. The van der Waals surface area contributed by atoms with Gasteiger partial charge in [-0.15, -0.1) is 0 Å². The van der Waals surface area contributed by atoms with Gasteiger partial charge in [0, 0.05) is 14.8 Å². The number of nitrogen functional groups attached to an aromatic ring is 1. The summed E-state index contributed by atoms with van der Waals surface area (Å²) >= 11 is 2.12. The second-order valence-corrected chi connectivity index (χ2v) is 3.46. The number of hydrogen-bond donors (Lipinski definition) is 1. The van der Waals surface area contributed by atoms with Crippen molar-refractivity contribution in [2.45, 2.75) is 6.92 Å². The lowest BCUT2D eigenvalue weighted by molar-refractivity contribution is 0.101. The van der Waals surface area contributed by atoms with Crippen LogP contribution in [-0.4, -0.2) is 5.78 Å². The summed E-state index contributed by atoms with van der Waals surface area (Å²) in [5.74, 6) is 0.0571. The molecule has 0 radical (unpaired) electrons. The summed E-state index contributed by atoms with van der Waals surface area (Å²) in [5.41, 5.74) is 6.84. The number of carbonyl (C=O) groups excluding carboxylic acids is 1. The Labute approximate surface area is 78.9 Å². The molecular formula is C8H8INO. The first-order valence-corrected chi connectivity index (χ1v) is 4.25. The first-order valence-electron chi connectivity index (χ1n) is 3.17. The first kappa shape index (κ1) is 8.52. The van der Waals surface area contributed by atoms with Gasteiger partial charge in [0.2, 0.25) is 0 Å². The zero-order chi connectivity index (χ0) is 8.43. The minimum atomic E-state index is 0.0571. The highest BCUT2D eigenvalue weighted by Gasteiger charge is 2.03. The molecule has 2 nitrogen and oxygen atoms in total. The van der Waals surface area contributed by atoms with E-state index in [1.807, 2.05) is 6.07 Å². The molecule has 58 valence electrons. The van der Waals surface area contributed by atoms with Crippen LogP contribution in [0.1, 0.15) is 17.3 Å². The van der Waals surface area contributed by atoms with Gasteiger partial charge in [0.15, 0.2) is 5.78 Å². The number of Topliss-reactive ketones (excluding diaryl/α,β-unsaturated/α-hetero) is 1. The topological polar surface area (TPSA) is 43.1 Å². The minimum Gasteiger partial charge on any atom is -0.399 e. The summed E-state index contributed by atoms with van der Waals surface area (Å²) in [6.07, 6.45) is 0. The number of carbonyl (C=O) groups is 1. The van der Waals surface area contributed by atoms with E-state index in [2.05, 4.69) is 22.6 Å². The van der Waals surface area contributed by atoms with Crippen molar-refractivity contribution in [3.63, 3.8) is 0 Å². The second-order valence-electron chi connectivity index (χ2n) is 2.30. The minimum absolute atomic E-state index is 0.0571. The fourth-order valence-electron chi connectivity index (χ4n) is 0.813. The molecule has 0 atom stereocenters. The highest BCUT2D eigenvalue weighted by atomic mass is 127. The molecule has 11 heavy (non-hydrogen) atoms. The van der Waals surface area contributed by atoms with E-state index >= 15 is 0 Å². The fourth-order valence-corrected chi connectivity index (χ4v) is 1.53. The highest BCUT2D eigenvalue weighted by molar-refractivity contribution is 14.1. The monoisotopic (exact) mass is 261 g/mol. The summed E-state index contributed by atoms with van der Waals surface area (Å²) < 4.78 is 0.948. The van der Waals surface area contributed by atoms with E-state index in [0.717, 1.165) is 3.57 Å². The second kappa shape index (κ2) is 3.21. The van der Waals surface area contributed by atoms with Crippen LogP contribution in [0.4, 0.5) is 5.69 Å². The third-order valence-electron chi connectivity index (χ3n) is 1.37. The molecular weight excluding hydrogens is 253 g/mol. The van der Waals surface area contributed by atoms with Gasteiger partial charge in [0.25, 0.3) is 0 Å². The molecule has 0 amide bonds. The zero-order valence-corrected chi connectivity index (χ0v) is 8.25. The van der Waals surface area contributed by atoms with Crippen LogP contribution in [0.3, 0.4) is 0 Å². The molecule has 2 N–H and O–H groups in total. The molecule has 1 aromatic rings. The van der Waals surface area contributed by atoms with Gasteiger partial charge < -0.3 is 5.73 Å². The molecule has 0 aliphatic rings. The summed E-state index contributed by atoms with van der Waals surface area (Å²) in [5, 5.41) is 0. The average molecular weight is 261 g/mol. The van der Waals surface area contributed by atoms with Gasteiger partial charge in [0.1, 0.15) is 0 Å². The van der Waals surface area contributed by atoms with Crippen LogP contribution in [0.25, 0.3) is 0 Å². The summed E-state index contributed by atoms with van der Waals surface area (Å²) in [7, 11) is 0. The van der Waals surface area contributed by atoms with Crippen LogP contribution in [0, 0.1) is 3.57 Å². The van der Waals surface area contributed by atoms with Crippen molar-refractivity contribution in [3.8, 4) is 0 Å². The van der Waals surface area contributed by atoms with Crippen LogP contribution < -0.4 is 5.73 Å². The van der Waals surface area contributed by atoms with Gasteiger partial charge in [-0.2, -0.15) is 0 Å². The van der Waals surface area contributed by atoms with Gasteiger partial charge in [-0.3, -0.25) is 4.79 Å². The van der Waals surface area contributed by atoms with Crippen molar-refractivity contribution in [1.82, 2.24) is 0 Å². The maximum Gasteiger partial charge on any atom is 0.160 e. The molecule has 0 fully saturated rings. The molecule has 0 saturated heterocycles. The molecule has 0 aliphatic carbocycles. The van der Waals surface area contributed by atoms with E-state index in [-0.39, 0.29) is 5.78 Å². The maximum atomic E-state index is 11.0. The van der Waals surface area contributed by atoms with Gasteiger partial charge in [-0.05, 0) is 47.7 Å². The molecule has 0 saturated carbocycles. The molecule has 0 aromatic heterocycles. The number of ketones is 1. The Balaban J connectivity index is 3.23. The lowest BCUT2D eigenvalue weighted by Gasteiger charge is -2.00. The summed E-state index contributed by atoms with van der Waals surface area (Å²) in [6, 6.07) is 5.32. The normalized spacial score (nSPS) is 9.64. The molecule has 1 rings (SSSR count). The van der Waals surface area contributed by atoms with E-state index in [1.165, 1.54) is 6.92 Å². The Morgan fingerprint density at radius 2 is 2.18 bits per heavy atom. The van der Waals surface area contributed by atoms with E-state index in [4.69, 9.17) is 5.73 Å². The van der Waals surface area contributed by atoms with Gasteiger partial charge in [-0.25, -0.2) is 0 Å². The number of hydrogen-bond acceptors (Lipinski definition) is 2. The molecule has 1 aromatic carbocycles. The molecule has 0 spiro atoms. The summed E-state index contributed by atoms with van der Waals surface area (Å²) in [4.78, 5) is 11.0. The SMILES string of the molecule is CC(=O)c1cc(N)ccc1I. The lowest BCUT2D eigenvalue weighted by atomic mass is 10.1. The molecule has 0 bridgehead atoms. The van der Waals surface area contributed by atoms with Crippen molar-refractivity contribution < 1.29 is 4.79 Å². The number of halogens is 1. The zero-order valence-electron chi connectivity index (χ0n) is 6.10. The van der Waals surface area contributed by atoms with Gasteiger partial charge in [0.05, 0.1) is 0 Å². The third-order valence-corrected chi connectivity index (χ3v) is 2.31. The van der Waals surface area contributed by atoms with Crippen molar-refractivity contribution in [2.24, 2.45) is 0 Å². The van der Waals surface area contributed by atoms with Crippen LogP contribution in [0.2, 0.25) is 0 Å². The Morgan fingerprint density at radius 3 is 2.64 bits per heavy atom. The van der Waals surface area contributed by atoms with Crippen molar-refractivity contribution in [1.29, 1.82) is 0 Å². The van der Waals surface area contributed by atoms with E-state index in [0.29, 0.717) is 11.3 Å². The first-order chi connectivity index (χ1) is 5.11. The Morgan fingerprint density at radius 1 is 1.55 bits per heavy atom. The summed E-state index contributed by atoms with van der Waals surface area (Å²) in [6.45, 7) is 1.54. The number of rotatable bonds is 1. The molecule has 3 heteroatoms. The average Bonchev–Trinajstić information content (AvgIpc) is 1.94. The molecule has 0 aliphatic heterocycles. The van der Waals surface area contributed by atoms with Gasteiger partial charge >= 0.3 is 0 Å².